The highest BCUT2D eigenvalue weighted by atomic mass is 35.5. The van der Waals surface area contributed by atoms with Gasteiger partial charge >= 0.3 is 0 Å². The fourth-order valence-corrected chi connectivity index (χ4v) is 2.26. The molecule has 0 fully saturated rings. The molecule has 0 radical (unpaired) electrons. The van der Waals surface area contributed by atoms with Gasteiger partial charge in [0, 0.05) is 23.7 Å². The largest absolute Gasteiger partial charge is 0.366 e. The fourth-order valence-electron chi connectivity index (χ4n) is 1.73. The maximum absolute atomic E-state index is 8.76. The third-order valence-electron chi connectivity index (χ3n) is 2.60. The molecule has 0 N–H and O–H groups in total. The van der Waals surface area contributed by atoms with Crippen molar-refractivity contribution >= 4 is 28.9 Å². The van der Waals surface area contributed by atoms with Crippen molar-refractivity contribution in [3.8, 4) is 6.07 Å². The van der Waals surface area contributed by atoms with Crippen LogP contribution in [0.4, 0.5) is 5.69 Å². The number of anilines is 1. The van der Waals surface area contributed by atoms with Gasteiger partial charge in [-0.2, -0.15) is 5.26 Å². The lowest BCUT2D eigenvalue weighted by atomic mass is 10.1. The van der Waals surface area contributed by atoms with Crippen molar-refractivity contribution in [1.29, 1.82) is 5.26 Å². The second-order valence-electron chi connectivity index (χ2n) is 3.63. The first-order valence-electron chi connectivity index (χ1n) is 5.00. The first-order valence-corrected chi connectivity index (χ1v) is 5.75. The molecule has 1 aliphatic heterocycles. The Morgan fingerprint density at radius 1 is 1.31 bits per heavy atom. The van der Waals surface area contributed by atoms with E-state index in [2.05, 4.69) is 11.0 Å². The number of benzene rings is 1. The van der Waals surface area contributed by atoms with Gasteiger partial charge in [0.05, 0.1) is 16.8 Å². The average molecular weight is 253 g/mol. The van der Waals surface area contributed by atoms with Crippen LogP contribution in [0.1, 0.15) is 6.42 Å². The number of nitriles is 1. The molecule has 4 heteroatoms. The van der Waals surface area contributed by atoms with Crippen LogP contribution in [0.2, 0.25) is 10.0 Å². The van der Waals surface area contributed by atoms with Crippen molar-refractivity contribution in [2.24, 2.45) is 0 Å². The third-order valence-corrected chi connectivity index (χ3v) is 3.14. The summed E-state index contributed by atoms with van der Waals surface area (Å²) in [7, 11) is 0. The number of rotatable bonds is 1. The van der Waals surface area contributed by atoms with Gasteiger partial charge in [-0.3, -0.25) is 0 Å². The maximum Gasteiger partial charge on any atom is 0.0945 e. The fraction of sp³-hybridized carbons (Fsp3) is 0.250. The Morgan fingerprint density at radius 2 is 2.12 bits per heavy atom. The normalized spacial score (nSPS) is 15.6. The molecule has 0 unspecified atom stereocenters. The molecule has 0 bridgehead atoms. The van der Waals surface area contributed by atoms with Crippen LogP contribution >= 0.6 is 23.2 Å². The molecule has 0 aromatic heterocycles. The molecule has 82 valence electrons. The van der Waals surface area contributed by atoms with E-state index in [9.17, 15) is 0 Å². The summed E-state index contributed by atoms with van der Waals surface area (Å²) >= 11 is 12.0. The Labute approximate surface area is 105 Å². The molecule has 0 atom stereocenters. The van der Waals surface area contributed by atoms with Crippen LogP contribution in [-0.4, -0.2) is 13.1 Å². The summed E-state index contributed by atoms with van der Waals surface area (Å²) in [6.07, 6.45) is 2.71. The Hall–Kier alpha value is -1.17. The number of halogens is 2. The SMILES string of the molecule is N#CC1=CCN(c2ccc(Cl)cc2Cl)CC1. The molecule has 2 rings (SSSR count). The first-order chi connectivity index (χ1) is 7.70. The van der Waals surface area contributed by atoms with Crippen LogP contribution in [0.15, 0.2) is 29.8 Å². The van der Waals surface area contributed by atoms with E-state index in [0.29, 0.717) is 10.0 Å². The second-order valence-corrected chi connectivity index (χ2v) is 4.48. The van der Waals surface area contributed by atoms with E-state index < -0.39 is 0 Å². The lowest BCUT2D eigenvalue weighted by Crippen LogP contribution is -2.28. The van der Waals surface area contributed by atoms with Crippen molar-refractivity contribution in [1.82, 2.24) is 0 Å². The van der Waals surface area contributed by atoms with E-state index in [1.165, 1.54) is 0 Å². The minimum absolute atomic E-state index is 0.638. The zero-order valence-corrected chi connectivity index (χ0v) is 10.1. The predicted octanol–water partition coefficient (Wildman–Crippen LogP) is 3.65. The van der Waals surface area contributed by atoms with Crippen molar-refractivity contribution in [2.75, 3.05) is 18.0 Å². The third kappa shape index (κ3) is 2.32. The smallest absolute Gasteiger partial charge is 0.0945 e. The molecular formula is C12H10Cl2N2. The van der Waals surface area contributed by atoms with Crippen LogP contribution in [0.5, 0.6) is 0 Å². The molecule has 0 saturated heterocycles. The Kier molecular flexibility index (Phi) is 3.38. The van der Waals surface area contributed by atoms with E-state index in [-0.39, 0.29) is 0 Å². The van der Waals surface area contributed by atoms with Gasteiger partial charge in [-0.25, -0.2) is 0 Å². The van der Waals surface area contributed by atoms with Gasteiger partial charge in [-0.1, -0.05) is 29.3 Å². The van der Waals surface area contributed by atoms with Gasteiger partial charge in [0.15, 0.2) is 0 Å². The Balaban J connectivity index is 2.21. The summed E-state index contributed by atoms with van der Waals surface area (Å²) in [4.78, 5) is 2.14. The lowest BCUT2D eigenvalue weighted by Gasteiger charge is -2.27. The predicted molar refractivity (Wildman–Crippen MR) is 67.0 cm³/mol. The van der Waals surface area contributed by atoms with Gasteiger partial charge in [0.2, 0.25) is 0 Å². The molecule has 0 saturated carbocycles. The van der Waals surface area contributed by atoms with Crippen molar-refractivity contribution < 1.29 is 0 Å². The van der Waals surface area contributed by atoms with Gasteiger partial charge in [0.1, 0.15) is 0 Å². The zero-order chi connectivity index (χ0) is 11.5. The minimum atomic E-state index is 0.638. The van der Waals surface area contributed by atoms with Gasteiger partial charge in [-0.15, -0.1) is 0 Å². The number of nitrogens with zero attached hydrogens (tertiary/aromatic N) is 2. The van der Waals surface area contributed by atoms with Crippen molar-refractivity contribution in [2.45, 2.75) is 6.42 Å². The topological polar surface area (TPSA) is 27.0 Å². The van der Waals surface area contributed by atoms with Crippen LogP contribution in [0.25, 0.3) is 0 Å². The highest BCUT2D eigenvalue weighted by molar-refractivity contribution is 6.36. The second kappa shape index (κ2) is 4.78. The molecular weight excluding hydrogens is 243 g/mol. The number of hydrogen-bond donors (Lipinski definition) is 0. The molecule has 0 amide bonds. The van der Waals surface area contributed by atoms with E-state index in [4.69, 9.17) is 28.5 Å². The highest BCUT2D eigenvalue weighted by Crippen LogP contribution is 2.30. The highest BCUT2D eigenvalue weighted by Gasteiger charge is 2.14. The summed E-state index contributed by atoms with van der Waals surface area (Å²) in [5.74, 6) is 0. The van der Waals surface area contributed by atoms with Crippen LogP contribution < -0.4 is 4.90 Å². The summed E-state index contributed by atoms with van der Waals surface area (Å²) in [5, 5.41) is 10.1. The molecule has 0 aliphatic carbocycles. The van der Waals surface area contributed by atoms with E-state index in [1.807, 2.05) is 18.2 Å². The molecule has 1 aromatic rings. The Bertz CT molecular complexity index is 474. The summed E-state index contributed by atoms with van der Waals surface area (Å²) in [5.41, 5.74) is 1.82. The van der Waals surface area contributed by atoms with E-state index >= 15 is 0 Å². The first kappa shape index (κ1) is 11.3. The summed E-state index contributed by atoms with van der Waals surface area (Å²) < 4.78 is 0. The quantitative estimate of drug-likeness (QED) is 0.763. The van der Waals surface area contributed by atoms with Gasteiger partial charge in [-0.05, 0) is 24.6 Å². The average Bonchev–Trinajstić information content (AvgIpc) is 2.29. The lowest BCUT2D eigenvalue weighted by molar-refractivity contribution is 0.802. The van der Waals surface area contributed by atoms with Gasteiger partial charge < -0.3 is 4.90 Å². The summed E-state index contributed by atoms with van der Waals surface area (Å²) in [6, 6.07) is 7.66. The zero-order valence-electron chi connectivity index (χ0n) is 8.58. The maximum atomic E-state index is 8.76. The standard InChI is InChI=1S/C12H10Cl2N2/c13-10-1-2-12(11(14)7-10)16-5-3-9(8-15)4-6-16/h1-3,7H,4-6H2. The van der Waals surface area contributed by atoms with Gasteiger partial charge in [0.25, 0.3) is 0 Å². The number of hydrogen-bond acceptors (Lipinski definition) is 2. The molecule has 1 heterocycles. The van der Waals surface area contributed by atoms with E-state index in [1.54, 1.807) is 6.07 Å². The Morgan fingerprint density at radius 3 is 2.69 bits per heavy atom. The van der Waals surface area contributed by atoms with Crippen molar-refractivity contribution in [3.63, 3.8) is 0 Å². The van der Waals surface area contributed by atoms with Crippen LogP contribution in [0.3, 0.4) is 0 Å². The summed E-state index contributed by atoms with van der Waals surface area (Å²) in [6.45, 7) is 1.55. The van der Waals surface area contributed by atoms with Crippen LogP contribution in [0, 0.1) is 11.3 Å². The van der Waals surface area contributed by atoms with Crippen molar-refractivity contribution in [3.05, 3.63) is 39.9 Å². The molecule has 16 heavy (non-hydrogen) atoms. The van der Waals surface area contributed by atoms with Crippen LogP contribution in [-0.2, 0) is 0 Å². The van der Waals surface area contributed by atoms with E-state index in [0.717, 1.165) is 30.8 Å². The molecule has 0 spiro atoms. The monoisotopic (exact) mass is 252 g/mol. The minimum Gasteiger partial charge on any atom is -0.366 e. The molecule has 1 aliphatic rings. The molecule has 2 nitrogen and oxygen atoms in total. The molecule has 1 aromatic carbocycles.